The van der Waals surface area contributed by atoms with E-state index in [2.05, 4.69) is 59.3 Å². The van der Waals surface area contributed by atoms with Crippen LogP contribution < -0.4 is 5.32 Å². The summed E-state index contributed by atoms with van der Waals surface area (Å²) >= 11 is 9.39. The fourth-order valence-corrected chi connectivity index (χ4v) is 2.04. The Kier molecular flexibility index (Phi) is 6.49. The Morgan fingerprint density at radius 3 is 2.71 bits per heavy atom. The van der Waals surface area contributed by atoms with Crippen molar-refractivity contribution in [1.82, 2.24) is 10.2 Å². The van der Waals surface area contributed by atoms with Gasteiger partial charge in [-0.05, 0) is 67.6 Å². The average molecular weight is 320 g/mol. The Labute approximate surface area is 117 Å². The largest absolute Gasteiger partial charge is 0.310 e. The van der Waals surface area contributed by atoms with Gasteiger partial charge in [0.1, 0.15) is 0 Å². The molecule has 0 aliphatic carbocycles. The Hall–Kier alpha value is -0.0900. The number of hydrogen-bond donors (Lipinski definition) is 1. The number of benzene rings is 1. The minimum atomic E-state index is 0.520. The van der Waals surface area contributed by atoms with Gasteiger partial charge in [0.2, 0.25) is 0 Å². The lowest BCUT2D eigenvalue weighted by Crippen LogP contribution is -2.29. The molecule has 0 saturated heterocycles. The second-order valence-electron chi connectivity index (χ2n) is 4.62. The summed E-state index contributed by atoms with van der Waals surface area (Å²) in [4.78, 5) is 2.21. The van der Waals surface area contributed by atoms with Crippen molar-refractivity contribution in [3.05, 3.63) is 33.3 Å². The predicted octanol–water partition coefficient (Wildman–Crippen LogP) is 3.53. The minimum absolute atomic E-state index is 0.520. The van der Waals surface area contributed by atoms with Crippen LogP contribution in [0.2, 0.25) is 5.02 Å². The van der Waals surface area contributed by atoms with Crippen LogP contribution in [0, 0.1) is 0 Å². The third-order valence-corrected chi connectivity index (χ3v) is 3.86. The number of hydrogen-bond acceptors (Lipinski definition) is 2. The second-order valence-corrected chi connectivity index (χ2v) is 5.88. The maximum Gasteiger partial charge on any atom is 0.0548 e. The van der Waals surface area contributed by atoms with Crippen molar-refractivity contribution >= 4 is 27.5 Å². The van der Waals surface area contributed by atoms with Crippen molar-refractivity contribution in [2.75, 3.05) is 20.6 Å². The Morgan fingerprint density at radius 1 is 1.41 bits per heavy atom. The molecule has 0 aliphatic heterocycles. The molecule has 1 atom stereocenters. The van der Waals surface area contributed by atoms with Gasteiger partial charge in [-0.25, -0.2) is 0 Å². The Balaban J connectivity index is 2.36. The van der Waals surface area contributed by atoms with E-state index in [1.807, 2.05) is 6.07 Å². The Bertz CT molecular complexity index is 355. The SMILES string of the molecule is CC(CCN(C)C)NCc1ccc(Cl)c(Br)c1. The number of nitrogens with zero attached hydrogens (tertiary/aromatic N) is 1. The third kappa shape index (κ3) is 5.87. The highest BCUT2D eigenvalue weighted by Gasteiger charge is 2.03. The average Bonchev–Trinajstić information content (AvgIpc) is 2.28. The second kappa shape index (κ2) is 7.37. The lowest BCUT2D eigenvalue weighted by Gasteiger charge is -2.16. The van der Waals surface area contributed by atoms with Crippen LogP contribution in [0.4, 0.5) is 0 Å². The molecule has 0 fully saturated rings. The summed E-state index contributed by atoms with van der Waals surface area (Å²) in [7, 11) is 4.20. The van der Waals surface area contributed by atoms with Gasteiger partial charge in [-0.2, -0.15) is 0 Å². The summed E-state index contributed by atoms with van der Waals surface area (Å²) in [6.45, 7) is 4.21. The van der Waals surface area contributed by atoms with Gasteiger partial charge < -0.3 is 10.2 Å². The molecule has 4 heteroatoms. The van der Waals surface area contributed by atoms with E-state index in [-0.39, 0.29) is 0 Å². The van der Waals surface area contributed by atoms with E-state index in [9.17, 15) is 0 Å². The monoisotopic (exact) mass is 318 g/mol. The van der Waals surface area contributed by atoms with Gasteiger partial charge in [0.05, 0.1) is 5.02 Å². The molecular weight excluding hydrogens is 300 g/mol. The lowest BCUT2D eigenvalue weighted by molar-refractivity contribution is 0.365. The smallest absolute Gasteiger partial charge is 0.0548 e. The van der Waals surface area contributed by atoms with E-state index in [4.69, 9.17) is 11.6 Å². The van der Waals surface area contributed by atoms with Crippen molar-refractivity contribution < 1.29 is 0 Å². The summed E-state index contributed by atoms with van der Waals surface area (Å²) in [5.74, 6) is 0. The summed E-state index contributed by atoms with van der Waals surface area (Å²) < 4.78 is 0.958. The molecule has 0 spiro atoms. The summed E-state index contributed by atoms with van der Waals surface area (Å²) in [5, 5.41) is 4.27. The van der Waals surface area contributed by atoms with E-state index in [0.29, 0.717) is 6.04 Å². The first-order chi connectivity index (χ1) is 7.99. The minimum Gasteiger partial charge on any atom is -0.310 e. The van der Waals surface area contributed by atoms with Crippen LogP contribution in [-0.4, -0.2) is 31.6 Å². The molecule has 1 N–H and O–H groups in total. The molecule has 17 heavy (non-hydrogen) atoms. The van der Waals surface area contributed by atoms with E-state index in [0.717, 1.165) is 29.0 Å². The van der Waals surface area contributed by atoms with Crippen molar-refractivity contribution in [2.24, 2.45) is 0 Å². The quantitative estimate of drug-likeness (QED) is 0.863. The number of halogens is 2. The fraction of sp³-hybridized carbons (Fsp3) is 0.538. The highest BCUT2D eigenvalue weighted by molar-refractivity contribution is 9.10. The summed E-state index contributed by atoms with van der Waals surface area (Å²) in [6.07, 6.45) is 1.15. The van der Waals surface area contributed by atoms with Gasteiger partial charge in [0.25, 0.3) is 0 Å². The molecule has 0 radical (unpaired) electrons. The van der Waals surface area contributed by atoms with E-state index < -0.39 is 0 Å². The zero-order valence-electron chi connectivity index (χ0n) is 10.6. The van der Waals surface area contributed by atoms with Gasteiger partial charge >= 0.3 is 0 Å². The van der Waals surface area contributed by atoms with E-state index >= 15 is 0 Å². The standard InChI is InChI=1S/C13H20BrClN2/c1-10(6-7-17(2)3)16-9-11-4-5-13(15)12(14)8-11/h4-5,8,10,16H,6-7,9H2,1-3H3. The summed E-state index contributed by atoms with van der Waals surface area (Å²) in [6, 6.07) is 6.56. The van der Waals surface area contributed by atoms with Gasteiger partial charge in [-0.1, -0.05) is 17.7 Å². The van der Waals surface area contributed by atoms with Crippen molar-refractivity contribution in [3.8, 4) is 0 Å². The molecule has 0 amide bonds. The Morgan fingerprint density at radius 2 is 2.12 bits per heavy atom. The molecule has 1 unspecified atom stereocenters. The van der Waals surface area contributed by atoms with E-state index in [1.54, 1.807) is 0 Å². The van der Waals surface area contributed by atoms with Crippen LogP contribution in [0.25, 0.3) is 0 Å². The van der Waals surface area contributed by atoms with Crippen LogP contribution in [0.5, 0.6) is 0 Å². The molecule has 2 nitrogen and oxygen atoms in total. The van der Waals surface area contributed by atoms with Crippen LogP contribution in [0.1, 0.15) is 18.9 Å². The lowest BCUT2D eigenvalue weighted by atomic mass is 10.2. The van der Waals surface area contributed by atoms with Crippen molar-refractivity contribution in [2.45, 2.75) is 25.9 Å². The van der Waals surface area contributed by atoms with E-state index in [1.165, 1.54) is 5.56 Å². The zero-order chi connectivity index (χ0) is 12.8. The first kappa shape index (κ1) is 15.0. The molecule has 1 aromatic carbocycles. The molecule has 1 rings (SSSR count). The predicted molar refractivity (Wildman–Crippen MR) is 78.6 cm³/mol. The molecule has 0 aliphatic rings. The van der Waals surface area contributed by atoms with Gasteiger partial charge in [0, 0.05) is 17.1 Å². The fourth-order valence-electron chi connectivity index (χ4n) is 1.50. The topological polar surface area (TPSA) is 15.3 Å². The normalized spacial score (nSPS) is 13.1. The summed E-state index contributed by atoms with van der Waals surface area (Å²) in [5.41, 5.74) is 1.25. The zero-order valence-corrected chi connectivity index (χ0v) is 13.0. The molecule has 0 saturated carbocycles. The van der Waals surface area contributed by atoms with Gasteiger partial charge in [-0.15, -0.1) is 0 Å². The number of nitrogens with one attached hydrogen (secondary N) is 1. The van der Waals surface area contributed by atoms with Crippen LogP contribution in [0.15, 0.2) is 22.7 Å². The maximum atomic E-state index is 5.96. The highest BCUT2D eigenvalue weighted by Crippen LogP contribution is 2.23. The van der Waals surface area contributed by atoms with Crippen LogP contribution in [-0.2, 0) is 6.54 Å². The molecule has 0 bridgehead atoms. The van der Waals surface area contributed by atoms with Gasteiger partial charge in [-0.3, -0.25) is 0 Å². The first-order valence-corrected chi connectivity index (χ1v) is 6.98. The van der Waals surface area contributed by atoms with Crippen molar-refractivity contribution in [3.63, 3.8) is 0 Å². The molecular formula is C13H20BrClN2. The van der Waals surface area contributed by atoms with Crippen molar-refractivity contribution in [1.29, 1.82) is 0 Å². The third-order valence-electron chi connectivity index (χ3n) is 2.65. The van der Waals surface area contributed by atoms with Crippen LogP contribution in [0.3, 0.4) is 0 Å². The molecule has 0 heterocycles. The molecule has 0 aromatic heterocycles. The number of rotatable bonds is 6. The molecule has 96 valence electrons. The molecule has 1 aromatic rings. The highest BCUT2D eigenvalue weighted by atomic mass is 79.9. The first-order valence-electron chi connectivity index (χ1n) is 5.81. The van der Waals surface area contributed by atoms with Crippen LogP contribution >= 0.6 is 27.5 Å². The van der Waals surface area contributed by atoms with Gasteiger partial charge in [0.15, 0.2) is 0 Å². The maximum absolute atomic E-state index is 5.96.